The Hall–Kier alpha value is -2.32. The lowest BCUT2D eigenvalue weighted by Crippen LogP contribution is -2.34. The van der Waals surface area contributed by atoms with E-state index in [0.717, 1.165) is 25.1 Å². The molecular weight excluding hydrogens is 381 g/mol. The van der Waals surface area contributed by atoms with Gasteiger partial charge < -0.3 is 15.5 Å². The van der Waals surface area contributed by atoms with Crippen molar-refractivity contribution in [3.05, 3.63) is 53.7 Å². The van der Waals surface area contributed by atoms with E-state index >= 15 is 0 Å². The third-order valence-corrected chi connectivity index (χ3v) is 4.12. The summed E-state index contributed by atoms with van der Waals surface area (Å²) < 4.78 is 38.7. The highest BCUT2D eigenvalue weighted by atomic mass is 35.5. The van der Waals surface area contributed by atoms with Crippen LogP contribution in [0.15, 0.2) is 42.6 Å². The molecule has 2 aromatic rings. The first kappa shape index (κ1) is 21.0. The maximum atomic E-state index is 12.9. The molecule has 0 radical (unpaired) electrons. The van der Waals surface area contributed by atoms with Crippen molar-refractivity contribution >= 4 is 29.8 Å². The molecule has 146 valence electrons. The molecule has 0 aliphatic carbocycles. The SMILES string of the molecule is Cl.O=C(c1cccnc1Nc1cccc(C(F)(F)F)c1)N1CCCNCC1. The zero-order valence-electron chi connectivity index (χ0n) is 14.4. The molecule has 5 nitrogen and oxygen atoms in total. The largest absolute Gasteiger partial charge is 0.416 e. The van der Waals surface area contributed by atoms with Crippen LogP contribution in [0.1, 0.15) is 22.3 Å². The molecule has 2 heterocycles. The van der Waals surface area contributed by atoms with Crippen LogP contribution in [0, 0.1) is 0 Å². The minimum atomic E-state index is -4.43. The molecule has 27 heavy (non-hydrogen) atoms. The topological polar surface area (TPSA) is 57.3 Å². The number of amides is 1. The fourth-order valence-corrected chi connectivity index (χ4v) is 2.81. The normalized spacial score (nSPS) is 14.9. The molecule has 0 atom stereocenters. The molecule has 2 N–H and O–H groups in total. The molecule has 9 heteroatoms. The maximum absolute atomic E-state index is 12.9. The van der Waals surface area contributed by atoms with Crippen molar-refractivity contribution in [2.45, 2.75) is 12.6 Å². The first-order valence-corrected chi connectivity index (χ1v) is 8.34. The number of nitrogens with one attached hydrogen (secondary N) is 2. The minimum absolute atomic E-state index is 0. The predicted molar refractivity (Wildman–Crippen MR) is 99.6 cm³/mol. The number of hydrogen-bond acceptors (Lipinski definition) is 4. The Bertz CT molecular complexity index is 777. The molecule has 0 unspecified atom stereocenters. The molecule has 1 amide bonds. The molecule has 1 aromatic heterocycles. The van der Waals surface area contributed by atoms with Crippen molar-refractivity contribution in [1.29, 1.82) is 0 Å². The summed E-state index contributed by atoms with van der Waals surface area (Å²) in [7, 11) is 0. The highest BCUT2D eigenvalue weighted by Gasteiger charge is 2.30. The predicted octanol–water partition coefficient (Wildman–Crippen LogP) is 3.70. The van der Waals surface area contributed by atoms with Gasteiger partial charge in [-0.2, -0.15) is 13.2 Å². The molecule has 0 spiro atoms. The standard InChI is InChI=1S/C18H19F3N4O.ClH/c19-18(20,21)13-4-1-5-14(12-13)24-16-15(6-2-8-23-16)17(26)25-10-3-7-22-9-11-25;/h1-2,4-6,8,12,22H,3,7,9-11H2,(H,23,24);1H. The molecule has 1 aliphatic rings. The number of halogens is 4. The molecule has 1 aliphatic heterocycles. The lowest BCUT2D eigenvalue weighted by molar-refractivity contribution is -0.137. The van der Waals surface area contributed by atoms with Gasteiger partial charge in [0.05, 0.1) is 11.1 Å². The van der Waals surface area contributed by atoms with Gasteiger partial charge in [0, 0.05) is 31.5 Å². The van der Waals surface area contributed by atoms with Crippen molar-refractivity contribution in [1.82, 2.24) is 15.2 Å². The highest BCUT2D eigenvalue weighted by Crippen LogP contribution is 2.31. The number of anilines is 2. The van der Waals surface area contributed by atoms with Gasteiger partial charge in [0.1, 0.15) is 5.82 Å². The van der Waals surface area contributed by atoms with E-state index in [1.54, 1.807) is 17.0 Å². The van der Waals surface area contributed by atoms with E-state index in [4.69, 9.17) is 0 Å². The Morgan fingerprint density at radius 3 is 2.74 bits per heavy atom. The van der Waals surface area contributed by atoms with E-state index in [9.17, 15) is 18.0 Å². The van der Waals surface area contributed by atoms with Crippen molar-refractivity contribution in [3.63, 3.8) is 0 Å². The summed E-state index contributed by atoms with van der Waals surface area (Å²) in [5.41, 5.74) is -0.193. The average Bonchev–Trinajstić information content (AvgIpc) is 2.90. The number of aromatic nitrogens is 1. The smallest absolute Gasteiger partial charge is 0.340 e. The minimum Gasteiger partial charge on any atom is -0.340 e. The number of rotatable bonds is 3. The van der Waals surface area contributed by atoms with Gasteiger partial charge in [-0.25, -0.2) is 4.98 Å². The van der Waals surface area contributed by atoms with Crippen LogP contribution in [0.4, 0.5) is 24.7 Å². The van der Waals surface area contributed by atoms with E-state index in [1.807, 2.05) is 0 Å². The van der Waals surface area contributed by atoms with Crippen LogP contribution >= 0.6 is 12.4 Å². The fraction of sp³-hybridized carbons (Fsp3) is 0.333. The summed E-state index contributed by atoms with van der Waals surface area (Å²) in [4.78, 5) is 18.7. The van der Waals surface area contributed by atoms with Crippen LogP contribution in [0.3, 0.4) is 0 Å². The average molecular weight is 401 g/mol. The molecule has 0 bridgehead atoms. The first-order valence-electron chi connectivity index (χ1n) is 8.34. The van der Waals surface area contributed by atoms with Crippen molar-refractivity contribution in [3.8, 4) is 0 Å². The first-order chi connectivity index (χ1) is 12.4. The number of nitrogens with zero attached hydrogens (tertiary/aromatic N) is 2. The van der Waals surface area contributed by atoms with Crippen LogP contribution in [0.25, 0.3) is 0 Å². The summed E-state index contributed by atoms with van der Waals surface area (Å²) >= 11 is 0. The third kappa shape index (κ3) is 5.33. The zero-order valence-corrected chi connectivity index (χ0v) is 15.2. The quantitative estimate of drug-likeness (QED) is 0.824. The molecule has 0 saturated carbocycles. The Morgan fingerprint density at radius 1 is 1.15 bits per heavy atom. The number of pyridine rings is 1. The lowest BCUT2D eigenvalue weighted by Gasteiger charge is -2.21. The van der Waals surface area contributed by atoms with Gasteiger partial charge in [0.25, 0.3) is 5.91 Å². The fourth-order valence-electron chi connectivity index (χ4n) is 2.81. The van der Waals surface area contributed by atoms with Crippen LogP contribution in [-0.4, -0.2) is 42.0 Å². The molecule has 1 saturated heterocycles. The number of alkyl halides is 3. The van der Waals surface area contributed by atoms with Gasteiger partial charge >= 0.3 is 6.18 Å². The van der Waals surface area contributed by atoms with Crippen LogP contribution < -0.4 is 10.6 Å². The van der Waals surface area contributed by atoms with Crippen LogP contribution in [0.5, 0.6) is 0 Å². The van der Waals surface area contributed by atoms with E-state index in [0.29, 0.717) is 25.2 Å². The monoisotopic (exact) mass is 400 g/mol. The number of carbonyl (C=O) groups excluding carboxylic acids is 1. The summed E-state index contributed by atoms with van der Waals surface area (Å²) in [6.45, 7) is 2.77. The van der Waals surface area contributed by atoms with E-state index in [-0.39, 0.29) is 29.8 Å². The summed E-state index contributed by atoms with van der Waals surface area (Å²) in [6.07, 6.45) is -2.08. The van der Waals surface area contributed by atoms with E-state index in [1.165, 1.54) is 18.3 Å². The van der Waals surface area contributed by atoms with E-state index in [2.05, 4.69) is 15.6 Å². The van der Waals surface area contributed by atoms with Crippen LogP contribution in [-0.2, 0) is 6.18 Å². The van der Waals surface area contributed by atoms with Gasteiger partial charge in [-0.15, -0.1) is 12.4 Å². The second-order valence-electron chi connectivity index (χ2n) is 6.00. The molecule has 3 rings (SSSR count). The summed E-state index contributed by atoms with van der Waals surface area (Å²) in [5.74, 6) is 0.0605. The lowest BCUT2D eigenvalue weighted by atomic mass is 10.1. The Labute approximate surface area is 161 Å². The third-order valence-electron chi connectivity index (χ3n) is 4.12. The van der Waals surface area contributed by atoms with E-state index < -0.39 is 11.7 Å². The van der Waals surface area contributed by atoms with Crippen molar-refractivity contribution in [2.24, 2.45) is 0 Å². The van der Waals surface area contributed by atoms with Gasteiger partial charge in [0.15, 0.2) is 0 Å². The highest BCUT2D eigenvalue weighted by molar-refractivity contribution is 5.99. The maximum Gasteiger partial charge on any atom is 0.416 e. The van der Waals surface area contributed by atoms with Gasteiger partial charge in [0.2, 0.25) is 0 Å². The van der Waals surface area contributed by atoms with Crippen molar-refractivity contribution in [2.75, 3.05) is 31.5 Å². The van der Waals surface area contributed by atoms with Gasteiger partial charge in [-0.1, -0.05) is 6.07 Å². The second kappa shape index (κ2) is 9.05. The molecule has 1 fully saturated rings. The zero-order chi connectivity index (χ0) is 18.6. The Balaban J connectivity index is 0.00000261. The number of carbonyl (C=O) groups is 1. The Kier molecular flexibility index (Phi) is 7.04. The number of benzene rings is 1. The molecule has 1 aromatic carbocycles. The Morgan fingerprint density at radius 2 is 1.96 bits per heavy atom. The van der Waals surface area contributed by atoms with Crippen molar-refractivity contribution < 1.29 is 18.0 Å². The summed E-state index contributed by atoms with van der Waals surface area (Å²) in [6, 6.07) is 8.09. The van der Waals surface area contributed by atoms with Crippen LogP contribution in [0.2, 0.25) is 0 Å². The number of hydrogen-bond donors (Lipinski definition) is 2. The summed E-state index contributed by atoms with van der Waals surface area (Å²) in [5, 5.41) is 6.07. The molecular formula is C18H20ClF3N4O. The second-order valence-corrected chi connectivity index (χ2v) is 6.00. The van der Waals surface area contributed by atoms with Gasteiger partial charge in [-0.3, -0.25) is 4.79 Å². The van der Waals surface area contributed by atoms with Gasteiger partial charge in [-0.05, 0) is 43.3 Å².